The Labute approximate surface area is 253 Å². The summed E-state index contributed by atoms with van der Waals surface area (Å²) >= 11 is 1.85. The van der Waals surface area contributed by atoms with E-state index in [1.165, 1.54) is 42.2 Å². The fourth-order valence-electron chi connectivity index (χ4n) is 6.31. The van der Waals surface area contributed by atoms with Gasteiger partial charge in [0.1, 0.15) is 0 Å². The Bertz CT molecular complexity index is 2340. The van der Waals surface area contributed by atoms with E-state index in [-0.39, 0.29) is 0 Å². The Balaban J connectivity index is 1.24. The van der Waals surface area contributed by atoms with Crippen LogP contribution >= 0.6 is 11.3 Å². The molecule has 0 fully saturated rings. The van der Waals surface area contributed by atoms with Gasteiger partial charge in [-0.3, -0.25) is 0 Å². The van der Waals surface area contributed by atoms with E-state index in [0.29, 0.717) is 0 Å². The lowest BCUT2D eigenvalue weighted by molar-refractivity contribution is 0.478. The molecule has 0 spiro atoms. The lowest BCUT2D eigenvalue weighted by Gasteiger charge is -2.34. The van der Waals surface area contributed by atoms with Crippen LogP contribution in [0.2, 0.25) is 0 Å². The molecular weight excluding hydrogens is 543 g/mol. The molecule has 2 nitrogen and oxygen atoms in total. The molecule has 0 aliphatic carbocycles. The summed E-state index contributed by atoms with van der Waals surface area (Å²) in [6.07, 6.45) is 0. The molecule has 0 saturated carbocycles. The maximum Gasteiger partial charge on any atom is 0.152 e. The first-order valence-electron chi connectivity index (χ1n) is 14.5. The lowest BCUT2D eigenvalue weighted by Crippen LogP contribution is -2.16. The average molecular weight is 568 g/mol. The van der Waals surface area contributed by atoms with E-state index < -0.39 is 0 Å². The number of rotatable bonds is 3. The second kappa shape index (κ2) is 9.59. The fourth-order valence-corrected chi connectivity index (χ4v) is 7.40. The van der Waals surface area contributed by atoms with Crippen LogP contribution in [0, 0.1) is 0 Å². The van der Waals surface area contributed by atoms with Gasteiger partial charge in [0.05, 0.1) is 11.4 Å². The minimum absolute atomic E-state index is 0.846. The Morgan fingerprint density at radius 2 is 1.09 bits per heavy atom. The van der Waals surface area contributed by atoms with Crippen LogP contribution < -0.4 is 9.64 Å². The van der Waals surface area contributed by atoms with Crippen molar-refractivity contribution in [1.29, 1.82) is 0 Å². The average Bonchev–Trinajstić information content (AvgIpc) is 3.44. The summed E-state index contributed by atoms with van der Waals surface area (Å²) in [5.74, 6) is 1.70. The molecule has 0 unspecified atom stereocenters. The molecule has 3 heteroatoms. The third-order valence-corrected chi connectivity index (χ3v) is 9.56. The first-order chi connectivity index (χ1) is 21.3. The van der Waals surface area contributed by atoms with Crippen molar-refractivity contribution in [3.05, 3.63) is 152 Å². The molecule has 2 heterocycles. The van der Waals surface area contributed by atoms with Crippen LogP contribution in [0.3, 0.4) is 0 Å². The summed E-state index contributed by atoms with van der Waals surface area (Å²) in [5.41, 5.74) is 7.89. The largest absolute Gasteiger partial charge is 0.453 e. The molecule has 0 atom stereocenters. The third-order valence-electron chi connectivity index (χ3n) is 8.41. The number of benzene rings is 7. The molecule has 9 rings (SSSR count). The highest BCUT2D eigenvalue weighted by molar-refractivity contribution is 7.25. The number of fused-ring (bicyclic) bond motifs is 6. The summed E-state index contributed by atoms with van der Waals surface area (Å²) in [6, 6.07) is 54.3. The van der Waals surface area contributed by atoms with Crippen molar-refractivity contribution in [3.8, 4) is 33.8 Å². The summed E-state index contributed by atoms with van der Waals surface area (Å²) < 4.78 is 9.25. The van der Waals surface area contributed by atoms with Crippen LogP contribution in [0.4, 0.5) is 17.1 Å². The zero-order valence-electron chi connectivity index (χ0n) is 23.2. The van der Waals surface area contributed by atoms with Crippen LogP contribution in [0.1, 0.15) is 0 Å². The molecule has 7 aromatic carbocycles. The summed E-state index contributed by atoms with van der Waals surface area (Å²) in [5, 5.41) is 4.96. The van der Waals surface area contributed by atoms with Crippen LogP contribution in [0.5, 0.6) is 11.5 Å². The maximum absolute atomic E-state index is 6.62. The molecule has 43 heavy (non-hydrogen) atoms. The minimum Gasteiger partial charge on any atom is -0.453 e. The molecule has 1 aliphatic heterocycles. The molecule has 0 radical (unpaired) electrons. The van der Waals surface area contributed by atoms with E-state index in [9.17, 15) is 0 Å². The lowest BCUT2D eigenvalue weighted by atomic mass is 9.99. The molecule has 0 saturated heterocycles. The van der Waals surface area contributed by atoms with E-state index in [1.54, 1.807) is 0 Å². The van der Waals surface area contributed by atoms with Crippen molar-refractivity contribution in [1.82, 2.24) is 0 Å². The highest BCUT2D eigenvalue weighted by Gasteiger charge is 2.27. The van der Waals surface area contributed by atoms with Gasteiger partial charge < -0.3 is 9.64 Å². The highest BCUT2D eigenvalue weighted by Crippen LogP contribution is 2.53. The van der Waals surface area contributed by atoms with Gasteiger partial charge in [0.15, 0.2) is 11.5 Å². The van der Waals surface area contributed by atoms with Gasteiger partial charge in [-0.25, -0.2) is 0 Å². The van der Waals surface area contributed by atoms with Crippen LogP contribution in [0.25, 0.3) is 53.2 Å². The van der Waals surface area contributed by atoms with Crippen LogP contribution in [-0.4, -0.2) is 0 Å². The zero-order chi connectivity index (χ0) is 28.3. The Hall–Kier alpha value is -5.38. The minimum atomic E-state index is 0.846. The number of thiophene rings is 1. The molecule has 202 valence electrons. The monoisotopic (exact) mass is 567 g/mol. The zero-order valence-corrected chi connectivity index (χ0v) is 24.0. The number of hydrogen-bond acceptors (Lipinski definition) is 3. The second-order valence-corrected chi connectivity index (χ2v) is 12.1. The quantitative estimate of drug-likeness (QED) is 0.210. The molecule has 0 N–H and O–H groups in total. The van der Waals surface area contributed by atoms with E-state index in [1.807, 2.05) is 11.3 Å². The smallest absolute Gasteiger partial charge is 0.152 e. The van der Waals surface area contributed by atoms with Gasteiger partial charge in [-0.05, 0) is 87.6 Å². The summed E-state index contributed by atoms with van der Waals surface area (Å²) in [6.45, 7) is 0. The normalized spacial score (nSPS) is 12.3. The predicted molar refractivity (Wildman–Crippen MR) is 182 cm³/mol. The van der Waals surface area contributed by atoms with E-state index in [0.717, 1.165) is 39.5 Å². The summed E-state index contributed by atoms with van der Waals surface area (Å²) in [4.78, 5) is 2.36. The summed E-state index contributed by atoms with van der Waals surface area (Å²) in [7, 11) is 0. The van der Waals surface area contributed by atoms with E-state index >= 15 is 0 Å². The van der Waals surface area contributed by atoms with Crippen molar-refractivity contribution in [2.45, 2.75) is 0 Å². The molecule has 8 aromatic rings. The van der Waals surface area contributed by atoms with Crippen molar-refractivity contribution in [2.24, 2.45) is 0 Å². The Morgan fingerprint density at radius 1 is 0.419 bits per heavy atom. The first-order valence-corrected chi connectivity index (χ1v) is 15.3. The van der Waals surface area contributed by atoms with Gasteiger partial charge in [0, 0.05) is 25.9 Å². The van der Waals surface area contributed by atoms with E-state index in [4.69, 9.17) is 4.74 Å². The topological polar surface area (TPSA) is 12.5 Å². The SMILES string of the molecule is c1ccc(-c2cccc(N3c4cc(-c5ccc6sc7ccccc7c6c5)ccc4Oc4cc5ccccc5cc43)c2)cc1. The Kier molecular flexibility index (Phi) is 5.40. The van der Waals surface area contributed by atoms with Crippen molar-refractivity contribution in [2.75, 3.05) is 4.90 Å². The first kappa shape index (κ1) is 24.2. The molecule has 0 amide bonds. The van der Waals surface area contributed by atoms with Crippen molar-refractivity contribution >= 4 is 59.3 Å². The van der Waals surface area contributed by atoms with Crippen LogP contribution in [-0.2, 0) is 0 Å². The fraction of sp³-hybridized carbons (Fsp3) is 0. The standard InChI is InChI=1S/C40H25NOS/c1-2-9-26(10-3-1)27-13-8-14-32(21-27)41-35-24-31(30-18-20-40-34(22-30)33-15-6-7-16-39(33)43-40)17-19-37(35)42-38-25-29-12-5-4-11-28(29)23-36(38)41/h1-25H. The Morgan fingerprint density at radius 3 is 2.00 bits per heavy atom. The van der Waals surface area contributed by atoms with Crippen LogP contribution in [0.15, 0.2) is 152 Å². The number of nitrogens with zero attached hydrogens (tertiary/aromatic N) is 1. The van der Waals surface area contributed by atoms with Crippen molar-refractivity contribution in [3.63, 3.8) is 0 Å². The molecule has 0 bridgehead atoms. The molecule has 1 aromatic heterocycles. The highest BCUT2D eigenvalue weighted by atomic mass is 32.1. The molecular formula is C40H25NOS. The number of hydrogen-bond donors (Lipinski definition) is 0. The van der Waals surface area contributed by atoms with Gasteiger partial charge in [-0.1, -0.05) is 97.1 Å². The van der Waals surface area contributed by atoms with Gasteiger partial charge in [-0.2, -0.15) is 0 Å². The van der Waals surface area contributed by atoms with Gasteiger partial charge >= 0.3 is 0 Å². The predicted octanol–water partition coefficient (Wildman–Crippen LogP) is 12.1. The number of ether oxygens (including phenoxy) is 1. The molecule has 1 aliphatic rings. The second-order valence-electron chi connectivity index (χ2n) is 11.0. The van der Waals surface area contributed by atoms with Gasteiger partial charge in [0.2, 0.25) is 0 Å². The van der Waals surface area contributed by atoms with Crippen molar-refractivity contribution < 1.29 is 4.74 Å². The van der Waals surface area contributed by atoms with Gasteiger partial charge in [0.25, 0.3) is 0 Å². The number of anilines is 3. The van der Waals surface area contributed by atoms with E-state index in [2.05, 4.69) is 157 Å². The maximum atomic E-state index is 6.62. The van der Waals surface area contributed by atoms with Gasteiger partial charge in [-0.15, -0.1) is 11.3 Å². The third kappa shape index (κ3) is 4.01.